The van der Waals surface area contributed by atoms with Crippen molar-refractivity contribution in [2.45, 2.75) is 32.4 Å². The molecule has 0 heterocycles. The van der Waals surface area contributed by atoms with Crippen LogP contribution in [-0.4, -0.2) is 6.54 Å². The fraction of sp³-hybridized carbons (Fsp3) is 0.467. The van der Waals surface area contributed by atoms with Gasteiger partial charge in [-0.15, -0.1) is 0 Å². The maximum absolute atomic E-state index is 12.7. The molecule has 0 aliphatic heterocycles. The molecule has 1 N–H and O–H groups in total. The third kappa shape index (κ3) is 3.75. The summed E-state index contributed by atoms with van der Waals surface area (Å²) in [5.41, 5.74) is 0.841. The second-order valence-corrected chi connectivity index (χ2v) is 5.06. The van der Waals surface area contributed by atoms with Gasteiger partial charge in [-0.25, -0.2) is 0 Å². The first-order valence-electron chi connectivity index (χ1n) is 6.53. The number of hydrogen-bond acceptors (Lipinski definition) is 1. The topological polar surface area (TPSA) is 12.0 Å². The lowest BCUT2D eigenvalue weighted by atomic mass is 9.94. The van der Waals surface area contributed by atoms with Gasteiger partial charge in [0, 0.05) is 12.2 Å². The first-order chi connectivity index (χ1) is 8.97. The Morgan fingerprint density at radius 1 is 1.26 bits per heavy atom. The highest BCUT2D eigenvalue weighted by Gasteiger charge is 2.30. The summed E-state index contributed by atoms with van der Waals surface area (Å²) in [4.78, 5) is 0. The van der Waals surface area contributed by atoms with Crippen LogP contribution in [0.2, 0.25) is 0 Å². The minimum absolute atomic E-state index is 0.513. The SMILES string of the molecule is Cc1ccc(C(F)(F)F)cc1NCC1CC=CCC1. The first kappa shape index (κ1) is 14.0. The Labute approximate surface area is 111 Å². The van der Waals surface area contributed by atoms with Gasteiger partial charge in [0.05, 0.1) is 5.56 Å². The molecule has 0 spiro atoms. The van der Waals surface area contributed by atoms with E-state index in [1.807, 2.05) is 6.92 Å². The Bertz CT molecular complexity index is 463. The number of nitrogens with one attached hydrogen (secondary N) is 1. The lowest BCUT2D eigenvalue weighted by Crippen LogP contribution is -2.16. The van der Waals surface area contributed by atoms with Crippen LogP contribution in [0.3, 0.4) is 0 Å². The maximum atomic E-state index is 12.7. The molecule has 0 aromatic heterocycles. The number of hydrogen-bond donors (Lipinski definition) is 1. The number of aryl methyl sites for hydroxylation is 1. The van der Waals surface area contributed by atoms with Gasteiger partial charge < -0.3 is 5.32 Å². The van der Waals surface area contributed by atoms with Gasteiger partial charge in [-0.05, 0) is 49.8 Å². The van der Waals surface area contributed by atoms with Gasteiger partial charge in [0.25, 0.3) is 0 Å². The van der Waals surface area contributed by atoms with E-state index in [0.717, 1.165) is 37.4 Å². The highest BCUT2D eigenvalue weighted by molar-refractivity contribution is 5.53. The molecule has 0 amide bonds. The summed E-state index contributed by atoms with van der Waals surface area (Å²) in [5, 5.41) is 3.16. The zero-order chi connectivity index (χ0) is 13.9. The molecule has 0 saturated heterocycles. The van der Waals surface area contributed by atoms with Gasteiger partial charge in [-0.2, -0.15) is 13.2 Å². The minimum Gasteiger partial charge on any atom is -0.385 e. The summed E-state index contributed by atoms with van der Waals surface area (Å²) < 4.78 is 38.0. The molecular weight excluding hydrogens is 251 g/mol. The molecule has 0 fully saturated rings. The van der Waals surface area contributed by atoms with Gasteiger partial charge >= 0.3 is 6.18 Å². The molecule has 4 heteroatoms. The average Bonchev–Trinajstić information content (AvgIpc) is 2.37. The Morgan fingerprint density at radius 2 is 2.05 bits per heavy atom. The number of alkyl halides is 3. The summed E-state index contributed by atoms with van der Waals surface area (Å²) >= 11 is 0. The molecule has 0 radical (unpaired) electrons. The van der Waals surface area contributed by atoms with Gasteiger partial charge in [-0.3, -0.25) is 0 Å². The van der Waals surface area contributed by atoms with Crippen LogP contribution in [0.5, 0.6) is 0 Å². The van der Waals surface area contributed by atoms with Crippen molar-refractivity contribution in [2.75, 3.05) is 11.9 Å². The monoisotopic (exact) mass is 269 g/mol. The van der Waals surface area contributed by atoms with E-state index >= 15 is 0 Å². The summed E-state index contributed by atoms with van der Waals surface area (Å²) in [6.07, 6.45) is 3.19. The van der Waals surface area contributed by atoms with Crippen molar-refractivity contribution in [2.24, 2.45) is 5.92 Å². The summed E-state index contributed by atoms with van der Waals surface area (Å²) in [6.45, 7) is 2.55. The van der Waals surface area contributed by atoms with Crippen LogP contribution in [0.1, 0.15) is 30.4 Å². The zero-order valence-corrected chi connectivity index (χ0v) is 10.9. The van der Waals surface area contributed by atoms with Crippen LogP contribution in [-0.2, 0) is 6.18 Å². The van der Waals surface area contributed by atoms with E-state index in [9.17, 15) is 13.2 Å². The zero-order valence-electron chi connectivity index (χ0n) is 10.9. The van der Waals surface area contributed by atoms with E-state index in [2.05, 4.69) is 17.5 Å². The van der Waals surface area contributed by atoms with E-state index in [1.54, 1.807) is 0 Å². The highest BCUT2D eigenvalue weighted by Crippen LogP contribution is 2.32. The fourth-order valence-corrected chi connectivity index (χ4v) is 2.28. The second-order valence-electron chi connectivity index (χ2n) is 5.06. The molecule has 0 bridgehead atoms. The van der Waals surface area contributed by atoms with Crippen LogP contribution in [0.15, 0.2) is 30.4 Å². The Hall–Kier alpha value is -1.45. The molecule has 1 aliphatic carbocycles. The van der Waals surface area contributed by atoms with E-state index in [4.69, 9.17) is 0 Å². The maximum Gasteiger partial charge on any atom is 0.416 e. The number of benzene rings is 1. The van der Waals surface area contributed by atoms with E-state index in [1.165, 1.54) is 12.1 Å². The predicted molar refractivity (Wildman–Crippen MR) is 71.2 cm³/mol. The molecule has 1 unspecified atom stereocenters. The lowest BCUT2D eigenvalue weighted by molar-refractivity contribution is -0.137. The van der Waals surface area contributed by atoms with Crippen molar-refractivity contribution < 1.29 is 13.2 Å². The first-order valence-corrected chi connectivity index (χ1v) is 6.53. The standard InChI is InChI=1S/C15H18F3N/c1-11-7-8-13(15(16,17)18)9-14(11)19-10-12-5-3-2-4-6-12/h2-3,7-9,12,19H,4-6,10H2,1H3. The van der Waals surface area contributed by atoms with Crippen LogP contribution < -0.4 is 5.32 Å². The fourth-order valence-electron chi connectivity index (χ4n) is 2.28. The van der Waals surface area contributed by atoms with Crippen molar-refractivity contribution >= 4 is 5.69 Å². The van der Waals surface area contributed by atoms with Crippen molar-refractivity contribution in [3.8, 4) is 0 Å². The molecule has 19 heavy (non-hydrogen) atoms. The molecule has 1 nitrogen and oxygen atoms in total. The van der Waals surface area contributed by atoms with Gasteiger partial charge in [0.15, 0.2) is 0 Å². The minimum atomic E-state index is -4.28. The van der Waals surface area contributed by atoms with Crippen LogP contribution in [0, 0.1) is 12.8 Å². The van der Waals surface area contributed by atoms with Gasteiger partial charge in [0.1, 0.15) is 0 Å². The smallest absolute Gasteiger partial charge is 0.385 e. The summed E-state index contributed by atoms with van der Waals surface area (Å²) in [7, 11) is 0. The van der Waals surface area contributed by atoms with E-state index in [0.29, 0.717) is 11.6 Å². The third-order valence-corrected chi connectivity index (χ3v) is 3.52. The molecule has 1 atom stereocenters. The Kier molecular flexibility index (Phi) is 4.17. The van der Waals surface area contributed by atoms with Crippen LogP contribution in [0.25, 0.3) is 0 Å². The van der Waals surface area contributed by atoms with Crippen LogP contribution >= 0.6 is 0 Å². The Morgan fingerprint density at radius 3 is 2.68 bits per heavy atom. The predicted octanol–water partition coefficient (Wildman–Crippen LogP) is 4.78. The average molecular weight is 269 g/mol. The molecule has 1 aromatic carbocycles. The highest BCUT2D eigenvalue weighted by atomic mass is 19.4. The lowest BCUT2D eigenvalue weighted by Gasteiger charge is -2.20. The number of anilines is 1. The van der Waals surface area contributed by atoms with Gasteiger partial charge in [0.2, 0.25) is 0 Å². The largest absolute Gasteiger partial charge is 0.416 e. The molecule has 104 valence electrons. The van der Waals surface area contributed by atoms with Crippen molar-refractivity contribution in [1.82, 2.24) is 0 Å². The quantitative estimate of drug-likeness (QED) is 0.778. The third-order valence-electron chi connectivity index (χ3n) is 3.52. The normalized spacial score (nSPS) is 19.5. The molecular formula is C15H18F3N. The van der Waals surface area contributed by atoms with Crippen LogP contribution in [0.4, 0.5) is 18.9 Å². The van der Waals surface area contributed by atoms with E-state index in [-0.39, 0.29) is 0 Å². The van der Waals surface area contributed by atoms with Gasteiger partial charge in [-0.1, -0.05) is 18.2 Å². The summed E-state index contributed by atoms with van der Waals surface area (Å²) in [5.74, 6) is 0.513. The second kappa shape index (κ2) is 5.68. The number of halogens is 3. The molecule has 2 rings (SSSR count). The van der Waals surface area contributed by atoms with Crippen molar-refractivity contribution in [1.29, 1.82) is 0 Å². The molecule has 0 saturated carbocycles. The van der Waals surface area contributed by atoms with Crippen molar-refractivity contribution in [3.05, 3.63) is 41.5 Å². The van der Waals surface area contributed by atoms with E-state index < -0.39 is 11.7 Å². The Balaban J connectivity index is 2.04. The number of allylic oxidation sites excluding steroid dienone is 2. The molecule has 1 aromatic rings. The summed E-state index contributed by atoms with van der Waals surface area (Å²) in [6, 6.07) is 3.85. The molecule has 1 aliphatic rings. The van der Waals surface area contributed by atoms with Crippen molar-refractivity contribution in [3.63, 3.8) is 0 Å². The number of rotatable bonds is 3.